The Morgan fingerprint density at radius 1 is 1.17 bits per heavy atom. The average Bonchev–Trinajstić information content (AvgIpc) is 3.04. The van der Waals surface area contributed by atoms with Crippen molar-refractivity contribution in [3.05, 3.63) is 24.2 Å². The molecule has 3 fully saturated rings. The smallest absolute Gasteiger partial charge is 0.225 e. The molecule has 2 aromatic heterocycles. The Morgan fingerprint density at radius 3 is 2.66 bits per heavy atom. The zero-order chi connectivity index (χ0) is 20.0. The molecule has 1 atom stereocenters. The number of ether oxygens (including phenoxy) is 1. The second kappa shape index (κ2) is 7.38. The lowest BCUT2D eigenvalue weighted by atomic mass is 9.84. The Hall–Kier alpha value is -1.95. The van der Waals surface area contributed by atoms with E-state index < -0.39 is 0 Å². The topological polar surface area (TPSA) is 60.2 Å². The van der Waals surface area contributed by atoms with Crippen molar-refractivity contribution >= 4 is 17.1 Å². The lowest BCUT2D eigenvalue weighted by Crippen LogP contribution is -2.46. The number of piperidine rings is 1. The first-order chi connectivity index (χ1) is 14.0. The molecule has 1 amide bonds. The number of carbonyl (C=O) groups is 1. The third-order valence-corrected chi connectivity index (χ3v) is 7.13. The van der Waals surface area contributed by atoms with E-state index in [0.29, 0.717) is 24.5 Å². The van der Waals surface area contributed by atoms with Crippen molar-refractivity contribution in [2.24, 2.45) is 5.92 Å². The zero-order valence-electron chi connectivity index (χ0n) is 17.6. The number of hydrogen-bond donors (Lipinski definition) is 0. The van der Waals surface area contributed by atoms with Gasteiger partial charge in [-0.1, -0.05) is 6.42 Å². The minimum absolute atomic E-state index is 0.108. The molecule has 1 unspecified atom stereocenters. The fourth-order valence-corrected chi connectivity index (χ4v) is 5.31. The molecule has 3 aliphatic rings. The molecule has 0 radical (unpaired) electrons. The number of fused-ring (bicyclic) bond motifs is 1. The van der Waals surface area contributed by atoms with Crippen molar-refractivity contribution in [2.75, 3.05) is 19.7 Å². The third kappa shape index (κ3) is 3.56. The van der Waals surface area contributed by atoms with Gasteiger partial charge in [0.25, 0.3) is 0 Å². The van der Waals surface area contributed by atoms with Crippen LogP contribution in [0, 0.1) is 5.92 Å². The van der Waals surface area contributed by atoms with Gasteiger partial charge in [0, 0.05) is 43.8 Å². The molecule has 0 spiro atoms. The van der Waals surface area contributed by atoms with Crippen molar-refractivity contribution in [1.29, 1.82) is 0 Å². The Kier molecular flexibility index (Phi) is 4.85. The lowest BCUT2D eigenvalue weighted by molar-refractivity contribution is -0.146. The van der Waals surface area contributed by atoms with Crippen molar-refractivity contribution in [2.45, 2.75) is 76.4 Å². The SMILES string of the molecule is CC1(C)CC(C(=O)N2CCC(n3c(C4CCC4)nc4cccnc43)CC2)CCO1. The van der Waals surface area contributed by atoms with Crippen LogP contribution in [0.3, 0.4) is 0 Å². The lowest BCUT2D eigenvalue weighted by Gasteiger charge is -2.40. The van der Waals surface area contributed by atoms with Crippen LogP contribution in [0.2, 0.25) is 0 Å². The third-order valence-electron chi connectivity index (χ3n) is 7.13. The van der Waals surface area contributed by atoms with Crippen LogP contribution < -0.4 is 0 Å². The predicted molar refractivity (Wildman–Crippen MR) is 112 cm³/mol. The molecule has 1 aliphatic carbocycles. The number of likely N-dealkylation sites (tertiary alicyclic amines) is 1. The number of hydrogen-bond acceptors (Lipinski definition) is 4. The van der Waals surface area contributed by atoms with Gasteiger partial charge in [0.05, 0.1) is 5.60 Å². The highest BCUT2D eigenvalue weighted by molar-refractivity contribution is 5.79. The summed E-state index contributed by atoms with van der Waals surface area (Å²) < 4.78 is 8.22. The molecule has 0 N–H and O–H groups in total. The summed E-state index contributed by atoms with van der Waals surface area (Å²) in [7, 11) is 0. The highest BCUT2D eigenvalue weighted by Crippen LogP contribution is 2.40. The number of aromatic nitrogens is 3. The van der Waals surface area contributed by atoms with Gasteiger partial charge in [0.15, 0.2) is 5.65 Å². The Bertz CT molecular complexity index is 893. The van der Waals surface area contributed by atoms with E-state index in [1.807, 2.05) is 12.3 Å². The van der Waals surface area contributed by atoms with Gasteiger partial charge in [-0.25, -0.2) is 9.97 Å². The van der Waals surface area contributed by atoms with E-state index in [1.165, 1.54) is 25.1 Å². The summed E-state index contributed by atoms with van der Waals surface area (Å²) in [5.74, 6) is 2.23. The molecule has 156 valence electrons. The fraction of sp³-hybridized carbons (Fsp3) is 0.696. The van der Waals surface area contributed by atoms with Gasteiger partial charge in [0.1, 0.15) is 11.3 Å². The quantitative estimate of drug-likeness (QED) is 0.785. The van der Waals surface area contributed by atoms with Gasteiger partial charge in [0.2, 0.25) is 5.91 Å². The van der Waals surface area contributed by atoms with Crippen LogP contribution in [0.1, 0.15) is 76.6 Å². The number of imidazole rings is 1. The summed E-state index contributed by atoms with van der Waals surface area (Å²) in [6.07, 6.45) is 9.30. The van der Waals surface area contributed by atoms with Crippen molar-refractivity contribution in [3.63, 3.8) is 0 Å². The van der Waals surface area contributed by atoms with E-state index in [0.717, 1.165) is 49.9 Å². The second-order valence-electron chi connectivity index (χ2n) is 9.67. The first-order valence-electron chi connectivity index (χ1n) is 11.3. The average molecular weight is 397 g/mol. The van der Waals surface area contributed by atoms with Crippen LogP contribution in [0.15, 0.2) is 18.3 Å². The first-order valence-corrected chi connectivity index (χ1v) is 11.3. The molecule has 29 heavy (non-hydrogen) atoms. The molecule has 6 nitrogen and oxygen atoms in total. The van der Waals surface area contributed by atoms with Crippen LogP contribution in [0.4, 0.5) is 0 Å². The van der Waals surface area contributed by atoms with Crippen LogP contribution in [0.25, 0.3) is 11.2 Å². The minimum Gasteiger partial charge on any atom is -0.376 e. The molecule has 0 bridgehead atoms. The maximum Gasteiger partial charge on any atom is 0.225 e. The Morgan fingerprint density at radius 2 is 1.97 bits per heavy atom. The van der Waals surface area contributed by atoms with Gasteiger partial charge < -0.3 is 14.2 Å². The van der Waals surface area contributed by atoms with Gasteiger partial charge in [-0.2, -0.15) is 0 Å². The first kappa shape index (κ1) is 19.0. The molecule has 1 saturated carbocycles. The van der Waals surface area contributed by atoms with Crippen molar-refractivity contribution < 1.29 is 9.53 Å². The molecule has 5 rings (SSSR count). The van der Waals surface area contributed by atoms with Crippen LogP contribution in [0.5, 0.6) is 0 Å². The van der Waals surface area contributed by atoms with Crippen LogP contribution >= 0.6 is 0 Å². The molecule has 0 aromatic carbocycles. The number of pyridine rings is 1. The molecule has 6 heteroatoms. The van der Waals surface area contributed by atoms with E-state index in [2.05, 4.69) is 34.4 Å². The summed E-state index contributed by atoms with van der Waals surface area (Å²) in [6, 6.07) is 4.44. The predicted octanol–water partition coefficient (Wildman–Crippen LogP) is 4.07. The largest absolute Gasteiger partial charge is 0.376 e. The number of nitrogens with zero attached hydrogens (tertiary/aromatic N) is 4. The van der Waals surface area contributed by atoms with Crippen LogP contribution in [-0.4, -0.2) is 50.6 Å². The number of amides is 1. The molecule has 4 heterocycles. The van der Waals surface area contributed by atoms with E-state index in [9.17, 15) is 4.79 Å². The van der Waals surface area contributed by atoms with E-state index in [4.69, 9.17) is 9.72 Å². The van der Waals surface area contributed by atoms with E-state index in [1.54, 1.807) is 0 Å². The Labute approximate surface area is 172 Å². The van der Waals surface area contributed by atoms with Crippen molar-refractivity contribution in [3.8, 4) is 0 Å². The molecule has 2 aliphatic heterocycles. The highest BCUT2D eigenvalue weighted by Gasteiger charge is 2.37. The second-order valence-corrected chi connectivity index (χ2v) is 9.67. The van der Waals surface area contributed by atoms with Gasteiger partial charge in [-0.05, 0) is 64.5 Å². The summed E-state index contributed by atoms with van der Waals surface area (Å²) in [6.45, 7) is 6.54. The zero-order valence-corrected chi connectivity index (χ0v) is 17.6. The van der Waals surface area contributed by atoms with Gasteiger partial charge in [-0.15, -0.1) is 0 Å². The Balaban J connectivity index is 1.31. The summed E-state index contributed by atoms with van der Waals surface area (Å²) in [5.41, 5.74) is 1.85. The summed E-state index contributed by atoms with van der Waals surface area (Å²) in [5, 5.41) is 0. The summed E-state index contributed by atoms with van der Waals surface area (Å²) in [4.78, 5) is 24.8. The van der Waals surface area contributed by atoms with Crippen LogP contribution in [-0.2, 0) is 9.53 Å². The highest BCUT2D eigenvalue weighted by atomic mass is 16.5. The standard InChI is InChI=1S/C23H32N4O2/c1-23(2)15-17(10-14-29-23)22(28)26-12-8-18(9-13-26)27-20(16-5-3-6-16)25-19-7-4-11-24-21(19)27/h4,7,11,16-18H,3,5-6,8-10,12-15H2,1-2H3. The van der Waals surface area contributed by atoms with Gasteiger partial charge in [-0.3, -0.25) is 4.79 Å². The van der Waals surface area contributed by atoms with Crippen molar-refractivity contribution in [1.82, 2.24) is 19.4 Å². The molecule has 2 saturated heterocycles. The van der Waals surface area contributed by atoms with Gasteiger partial charge >= 0.3 is 0 Å². The normalized spacial score (nSPS) is 25.9. The fourth-order valence-electron chi connectivity index (χ4n) is 5.31. The maximum absolute atomic E-state index is 13.1. The maximum atomic E-state index is 13.1. The number of rotatable bonds is 3. The van der Waals surface area contributed by atoms with E-state index >= 15 is 0 Å². The number of carbonyl (C=O) groups excluding carboxylic acids is 1. The molecular weight excluding hydrogens is 364 g/mol. The molecule has 2 aromatic rings. The van der Waals surface area contributed by atoms with E-state index in [-0.39, 0.29) is 11.5 Å². The molecular formula is C23H32N4O2. The summed E-state index contributed by atoms with van der Waals surface area (Å²) >= 11 is 0. The monoisotopic (exact) mass is 396 g/mol. The minimum atomic E-state index is -0.185.